The van der Waals surface area contributed by atoms with Crippen LogP contribution in [0.5, 0.6) is 0 Å². The third-order valence-electron chi connectivity index (χ3n) is 1.46. The Hall–Kier alpha value is -1.07. The van der Waals surface area contributed by atoms with Gasteiger partial charge in [-0.15, -0.1) is 0 Å². The molecule has 0 atom stereocenters. The molecule has 14 heavy (non-hydrogen) atoms. The summed E-state index contributed by atoms with van der Waals surface area (Å²) in [7, 11) is 0. The number of nitrogens with zero attached hydrogens (tertiary/aromatic N) is 1. The lowest BCUT2D eigenvalue weighted by molar-refractivity contribution is 0.0961. The fourth-order valence-electron chi connectivity index (χ4n) is 0.884. The van der Waals surface area contributed by atoms with Crippen LogP contribution in [0, 0.1) is 6.92 Å². The molecule has 0 fully saturated rings. The molecule has 0 aliphatic carbocycles. The summed E-state index contributed by atoms with van der Waals surface area (Å²) in [4.78, 5) is 15.9. The van der Waals surface area contributed by atoms with Crippen molar-refractivity contribution in [1.29, 1.82) is 0 Å². The number of halogens is 1. The quantitative estimate of drug-likeness (QED) is 0.829. The van der Waals surface area contributed by atoms with Crippen LogP contribution >= 0.6 is 22.9 Å². The van der Waals surface area contributed by atoms with Gasteiger partial charge in [-0.2, -0.15) is 0 Å². The molecule has 1 aromatic heterocycles. The number of thiazole rings is 1. The van der Waals surface area contributed by atoms with Gasteiger partial charge in [0.25, 0.3) is 5.91 Å². The normalized spacial score (nSPS) is 9.86. The van der Waals surface area contributed by atoms with E-state index >= 15 is 0 Å². The van der Waals surface area contributed by atoms with Crippen molar-refractivity contribution >= 4 is 34.0 Å². The molecule has 1 amide bonds. The second-order valence-electron chi connectivity index (χ2n) is 2.67. The van der Waals surface area contributed by atoms with Crippen LogP contribution in [0.15, 0.2) is 11.6 Å². The number of aryl methyl sites for hydroxylation is 1. The number of carbonyl (C=O) groups excluding carboxylic acids is 1. The first-order valence-corrected chi connectivity index (χ1v) is 5.04. The Morgan fingerprint density at radius 3 is 2.86 bits per heavy atom. The zero-order chi connectivity index (χ0) is 10.7. The Bertz CT molecular complexity index is 375. The van der Waals surface area contributed by atoms with Gasteiger partial charge in [0, 0.05) is 5.03 Å². The summed E-state index contributed by atoms with van der Waals surface area (Å²) in [6.45, 7) is 5.44. The fourth-order valence-corrected chi connectivity index (χ4v) is 1.70. The molecular formula is C8H10ClN3OS. The van der Waals surface area contributed by atoms with Crippen LogP contribution in [0.4, 0.5) is 5.13 Å². The lowest BCUT2D eigenvalue weighted by atomic mass is 10.4. The smallest absolute Gasteiger partial charge is 0.263 e. The van der Waals surface area contributed by atoms with Crippen molar-refractivity contribution < 1.29 is 4.79 Å². The molecule has 1 heterocycles. The molecule has 1 rings (SSSR count). The second-order valence-corrected chi connectivity index (χ2v) is 4.23. The van der Waals surface area contributed by atoms with Gasteiger partial charge in [-0.25, -0.2) is 4.98 Å². The minimum absolute atomic E-state index is 0.224. The molecule has 3 N–H and O–H groups in total. The molecule has 6 heteroatoms. The summed E-state index contributed by atoms with van der Waals surface area (Å²) in [5, 5.41) is 3.37. The monoisotopic (exact) mass is 231 g/mol. The van der Waals surface area contributed by atoms with Gasteiger partial charge in [0.05, 0.1) is 12.2 Å². The van der Waals surface area contributed by atoms with Gasteiger partial charge in [0.1, 0.15) is 4.88 Å². The first-order chi connectivity index (χ1) is 6.50. The molecule has 0 saturated heterocycles. The molecule has 1 aromatic rings. The molecular weight excluding hydrogens is 222 g/mol. The Morgan fingerprint density at radius 2 is 2.43 bits per heavy atom. The van der Waals surface area contributed by atoms with Gasteiger partial charge >= 0.3 is 0 Å². The number of nitrogen functional groups attached to an aromatic ring is 1. The molecule has 0 aromatic carbocycles. The van der Waals surface area contributed by atoms with Crippen molar-refractivity contribution in [2.45, 2.75) is 6.92 Å². The Labute approximate surface area is 90.8 Å². The third kappa shape index (κ3) is 2.71. The summed E-state index contributed by atoms with van der Waals surface area (Å²) in [6, 6.07) is 0. The van der Waals surface area contributed by atoms with E-state index in [-0.39, 0.29) is 12.5 Å². The van der Waals surface area contributed by atoms with E-state index in [0.717, 1.165) is 11.3 Å². The van der Waals surface area contributed by atoms with E-state index in [1.54, 1.807) is 6.92 Å². The van der Waals surface area contributed by atoms with E-state index in [2.05, 4.69) is 16.9 Å². The average Bonchev–Trinajstić information content (AvgIpc) is 2.41. The number of rotatable bonds is 3. The molecule has 76 valence electrons. The first kappa shape index (κ1) is 11.0. The van der Waals surface area contributed by atoms with Crippen molar-refractivity contribution in [2.24, 2.45) is 0 Å². The predicted molar refractivity (Wildman–Crippen MR) is 58.6 cm³/mol. The highest BCUT2D eigenvalue weighted by atomic mass is 35.5. The van der Waals surface area contributed by atoms with Crippen LogP contribution in [0.1, 0.15) is 15.4 Å². The fraction of sp³-hybridized carbons (Fsp3) is 0.250. The van der Waals surface area contributed by atoms with Crippen molar-refractivity contribution in [1.82, 2.24) is 10.3 Å². The summed E-state index contributed by atoms with van der Waals surface area (Å²) in [5.74, 6) is -0.224. The first-order valence-electron chi connectivity index (χ1n) is 3.85. The number of hydrogen-bond donors (Lipinski definition) is 2. The van der Waals surface area contributed by atoms with Gasteiger partial charge in [-0.3, -0.25) is 4.79 Å². The van der Waals surface area contributed by atoms with E-state index in [1.165, 1.54) is 0 Å². The number of carbonyl (C=O) groups is 1. The van der Waals surface area contributed by atoms with Crippen LogP contribution in [-0.4, -0.2) is 17.4 Å². The zero-order valence-electron chi connectivity index (χ0n) is 7.63. The standard InChI is InChI=1S/C8H10ClN3OS/c1-4(9)3-11-7(13)6-5(2)12-8(10)14-6/h1,3H2,2H3,(H2,10,12)(H,11,13). The summed E-state index contributed by atoms with van der Waals surface area (Å²) < 4.78 is 0. The molecule has 0 aliphatic heterocycles. The van der Waals surface area contributed by atoms with E-state index in [0.29, 0.717) is 20.7 Å². The van der Waals surface area contributed by atoms with Crippen LogP contribution in [0.25, 0.3) is 0 Å². The lowest BCUT2D eigenvalue weighted by Gasteiger charge is -2.01. The maximum Gasteiger partial charge on any atom is 0.263 e. The number of nitrogens with two attached hydrogens (primary N) is 1. The molecule has 4 nitrogen and oxygen atoms in total. The van der Waals surface area contributed by atoms with E-state index in [9.17, 15) is 4.79 Å². The molecule has 0 unspecified atom stereocenters. The summed E-state index contributed by atoms with van der Waals surface area (Å²) in [5.41, 5.74) is 6.09. The summed E-state index contributed by atoms with van der Waals surface area (Å²) >= 11 is 6.66. The third-order valence-corrected chi connectivity index (χ3v) is 2.58. The van der Waals surface area contributed by atoms with Crippen molar-refractivity contribution in [3.8, 4) is 0 Å². The zero-order valence-corrected chi connectivity index (χ0v) is 9.21. The molecule has 0 bridgehead atoms. The molecule has 0 spiro atoms. The van der Waals surface area contributed by atoms with Gasteiger partial charge in [0.2, 0.25) is 0 Å². The lowest BCUT2D eigenvalue weighted by Crippen LogP contribution is -2.24. The van der Waals surface area contributed by atoms with Crippen LogP contribution in [0.2, 0.25) is 0 Å². The van der Waals surface area contributed by atoms with Crippen molar-refractivity contribution in [2.75, 3.05) is 12.3 Å². The Morgan fingerprint density at radius 1 is 1.79 bits per heavy atom. The number of anilines is 1. The van der Waals surface area contributed by atoms with E-state index in [4.69, 9.17) is 17.3 Å². The predicted octanol–water partition coefficient (Wildman–Crippen LogP) is 1.52. The largest absolute Gasteiger partial charge is 0.375 e. The maximum absolute atomic E-state index is 11.5. The van der Waals surface area contributed by atoms with Gasteiger partial charge in [0.15, 0.2) is 5.13 Å². The number of hydrogen-bond acceptors (Lipinski definition) is 4. The summed E-state index contributed by atoms with van der Waals surface area (Å²) in [6.07, 6.45) is 0. The molecule has 0 radical (unpaired) electrons. The van der Waals surface area contributed by atoms with Gasteiger partial charge in [-0.1, -0.05) is 29.5 Å². The number of nitrogens with one attached hydrogen (secondary N) is 1. The maximum atomic E-state index is 11.5. The van der Waals surface area contributed by atoms with Gasteiger partial charge in [-0.05, 0) is 6.92 Å². The molecule has 0 saturated carbocycles. The minimum Gasteiger partial charge on any atom is -0.375 e. The molecule has 0 aliphatic rings. The number of amides is 1. The Kier molecular flexibility index (Phi) is 3.49. The minimum atomic E-state index is -0.224. The Balaban J connectivity index is 2.69. The SMILES string of the molecule is C=C(Cl)CNC(=O)c1sc(N)nc1C. The topological polar surface area (TPSA) is 68.0 Å². The second kappa shape index (κ2) is 4.43. The van der Waals surface area contributed by atoms with Crippen LogP contribution in [-0.2, 0) is 0 Å². The van der Waals surface area contributed by atoms with E-state index < -0.39 is 0 Å². The van der Waals surface area contributed by atoms with Crippen LogP contribution in [0.3, 0.4) is 0 Å². The highest BCUT2D eigenvalue weighted by molar-refractivity contribution is 7.17. The highest BCUT2D eigenvalue weighted by Crippen LogP contribution is 2.19. The van der Waals surface area contributed by atoms with Gasteiger partial charge < -0.3 is 11.1 Å². The van der Waals surface area contributed by atoms with Crippen LogP contribution < -0.4 is 11.1 Å². The number of aromatic nitrogens is 1. The van der Waals surface area contributed by atoms with Crippen molar-refractivity contribution in [3.63, 3.8) is 0 Å². The van der Waals surface area contributed by atoms with E-state index in [1.807, 2.05) is 0 Å². The average molecular weight is 232 g/mol. The van der Waals surface area contributed by atoms with Crippen molar-refractivity contribution in [3.05, 3.63) is 22.2 Å². The highest BCUT2D eigenvalue weighted by Gasteiger charge is 2.13.